The fourth-order valence-corrected chi connectivity index (χ4v) is 5.19. The summed E-state index contributed by atoms with van der Waals surface area (Å²) >= 11 is 2.04. The van der Waals surface area contributed by atoms with Crippen molar-refractivity contribution in [1.29, 1.82) is 0 Å². The molecular weight excluding hydrogens is 406 g/mol. The smallest absolute Gasteiger partial charge is 0.00441 e. The molecule has 0 bridgehead atoms. The average Bonchev–Trinajstić information content (AvgIpc) is 2.75. The van der Waals surface area contributed by atoms with E-state index in [4.69, 9.17) is 5.73 Å². The normalized spacial score (nSPS) is 15.0. The molecule has 0 saturated carbocycles. The van der Waals surface area contributed by atoms with Gasteiger partial charge in [0.15, 0.2) is 0 Å². The van der Waals surface area contributed by atoms with Crippen LogP contribution in [0.4, 0.5) is 0 Å². The monoisotopic (exact) mass is 461 g/mol. The minimum absolute atomic E-state index is 0.284. The fourth-order valence-electron chi connectivity index (χ4n) is 4.31. The Kier molecular flexibility index (Phi) is 17.1. The maximum atomic E-state index is 6.11. The van der Waals surface area contributed by atoms with Crippen LogP contribution in [-0.4, -0.2) is 11.5 Å². The molecule has 0 radical (unpaired) electrons. The Balaban J connectivity index is 4.95. The third-order valence-electron chi connectivity index (χ3n) is 6.32. The predicted molar refractivity (Wildman–Crippen MR) is 151 cm³/mol. The molecule has 0 saturated heterocycles. The zero-order valence-electron chi connectivity index (χ0n) is 22.9. The van der Waals surface area contributed by atoms with Gasteiger partial charge in [-0.2, -0.15) is 11.8 Å². The van der Waals surface area contributed by atoms with Gasteiger partial charge in [0, 0.05) is 5.25 Å². The molecule has 32 heavy (non-hydrogen) atoms. The van der Waals surface area contributed by atoms with E-state index in [2.05, 4.69) is 67.4 Å². The van der Waals surface area contributed by atoms with Gasteiger partial charge in [-0.05, 0) is 95.1 Å². The van der Waals surface area contributed by atoms with Crippen LogP contribution in [0.5, 0.6) is 0 Å². The van der Waals surface area contributed by atoms with Gasteiger partial charge in [0.25, 0.3) is 0 Å². The molecule has 0 aliphatic carbocycles. The Bertz CT molecular complexity index is 615. The van der Waals surface area contributed by atoms with Crippen LogP contribution >= 0.6 is 11.8 Å². The first-order valence-electron chi connectivity index (χ1n) is 13.0. The van der Waals surface area contributed by atoms with Crippen LogP contribution in [0, 0.1) is 5.41 Å². The van der Waals surface area contributed by atoms with Crippen LogP contribution in [0.3, 0.4) is 0 Å². The van der Waals surface area contributed by atoms with E-state index in [-0.39, 0.29) is 5.41 Å². The molecule has 0 aromatic rings. The second-order valence-corrected chi connectivity index (χ2v) is 11.8. The Morgan fingerprint density at radius 1 is 1.00 bits per heavy atom. The highest BCUT2D eigenvalue weighted by atomic mass is 32.2. The first-order chi connectivity index (χ1) is 15.1. The summed E-state index contributed by atoms with van der Waals surface area (Å²) < 4.78 is 0. The van der Waals surface area contributed by atoms with Crippen molar-refractivity contribution < 1.29 is 0 Å². The van der Waals surface area contributed by atoms with E-state index in [1.807, 2.05) is 18.0 Å². The molecule has 0 spiro atoms. The number of unbranched alkanes of at least 4 members (excludes halogenated alkanes) is 1. The largest absolute Gasteiger partial charge is 0.405 e. The third kappa shape index (κ3) is 14.3. The van der Waals surface area contributed by atoms with Crippen molar-refractivity contribution >= 4 is 11.8 Å². The molecule has 0 aromatic carbocycles. The van der Waals surface area contributed by atoms with Crippen LogP contribution in [0.2, 0.25) is 0 Å². The summed E-state index contributed by atoms with van der Waals surface area (Å²) in [5, 5.41) is 0.840. The number of thioether (sulfide) groups is 1. The van der Waals surface area contributed by atoms with Crippen molar-refractivity contribution in [3.63, 3.8) is 0 Å². The van der Waals surface area contributed by atoms with Gasteiger partial charge < -0.3 is 5.73 Å². The number of allylic oxidation sites excluding steroid dienone is 6. The minimum Gasteiger partial charge on any atom is -0.405 e. The van der Waals surface area contributed by atoms with E-state index in [1.165, 1.54) is 55.2 Å². The lowest BCUT2D eigenvalue weighted by molar-refractivity contribution is 0.409. The standard InChI is InChI=1S/C30H55NS/c1-10-15-27(29(25(5)12-3)22-30(6,7)8)21-26(23-31)20-19-24(4)17-13-14-18-28(32-9)16-11-2/h12,23,28H,4,10-11,13-22,31H2,1-3,5-9H3/b25-12-,26-23-,29-27-. The second-order valence-electron chi connectivity index (χ2n) is 10.7. The molecule has 1 unspecified atom stereocenters. The molecule has 186 valence electrons. The van der Waals surface area contributed by atoms with E-state index in [0.717, 1.165) is 43.8 Å². The van der Waals surface area contributed by atoms with Crippen LogP contribution < -0.4 is 5.73 Å². The third-order valence-corrected chi connectivity index (χ3v) is 7.46. The Morgan fingerprint density at radius 2 is 1.69 bits per heavy atom. The summed E-state index contributed by atoms with van der Waals surface area (Å²) in [6, 6.07) is 0. The van der Waals surface area contributed by atoms with Gasteiger partial charge in [0.05, 0.1) is 0 Å². The first-order valence-corrected chi connectivity index (χ1v) is 14.3. The highest BCUT2D eigenvalue weighted by Gasteiger charge is 2.18. The van der Waals surface area contributed by atoms with Crippen molar-refractivity contribution in [2.75, 3.05) is 6.26 Å². The van der Waals surface area contributed by atoms with Gasteiger partial charge in [-0.1, -0.05) is 88.8 Å². The molecular formula is C30H55NS. The van der Waals surface area contributed by atoms with Crippen LogP contribution in [0.1, 0.15) is 126 Å². The summed E-state index contributed by atoms with van der Waals surface area (Å²) in [7, 11) is 0. The summed E-state index contributed by atoms with van der Waals surface area (Å²) in [4.78, 5) is 0. The van der Waals surface area contributed by atoms with Gasteiger partial charge in [-0.15, -0.1) is 0 Å². The summed E-state index contributed by atoms with van der Waals surface area (Å²) in [5.41, 5.74) is 13.7. The van der Waals surface area contributed by atoms with Crippen molar-refractivity contribution in [1.82, 2.24) is 0 Å². The van der Waals surface area contributed by atoms with E-state index in [1.54, 1.807) is 11.1 Å². The zero-order chi connectivity index (χ0) is 24.6. The van der Waals surface area contributed by atoms with E-state index < -0.39 is 0 Å². The van der Waals surface area contributed by atoms with Gasteiger partial charge >= 0.3 is 0 Å². The van der Waals surface area contributed by atoms with Gasteiger partial charge in [-0.25, -0.2) is 0 Å². The summed E-state index contributed by atoms with van der Waals surface area (Å²) in [6.07, 6.45) is 20.7. The number of nitrogens with two attached hydrogens (primary N) is 1. The Labute approximate surface area is 206 Å². The fraction of sp³-hybridized carbons (Fsp3) is 0.733. The minimum atomic E-state index is 0.284. The molecule has 1 nitrogen and oxygen atoms in total. The Hall–Kier alpha value is -0.890. The number of hydrogen-bond donors (Lipinski definition) is 1. The quantitative estimate of drug-likeness (QED) is 0.132. The zero-order valence-corrected chi connectivity index (χ0v) is 23.7. The second kappa shape index (κ2) is 17.6. The highest BCUT2D eigenvalue weighted by molar-refractivity contribution is 7.99. The first kappa shape index (κ1) is 31.1. The Morgan fingerprint density at radius 3 is 2.19 bits per heavy atom. The molecule has 0 aromatic heterocycles. The van der Waals surface area contributed by atoms with Crippen molar-refractivity contribution in [3.05, 3.63) is 46.7 Å². The molecule has 1 atom stereocenters. The summed E-state index contributed by atoms with van der Waals surface area (Å²) in [5.74, 6) is 0. The lowest BCUT2D eigenvalue weighted by Crippen LogP contribution is -2.10. The van der Waals surface area contributed by atoms with Crippen molar-refractivity contribution in [2.45, 2.75) is 131 Å². The van der Waals surface area contributed by atoms with Crippen molar-refractivity contribution in [2.24, 2.45) is 11.1 Å². The average molecular weight is 462 g/mol. The SMILES string of the molecule is C=C(CCCCC(CCC)SC)CC/C(=C/N)C/C(CCC)=C(CC(C)(C)C)\C(C)=C/C. The molecule has 0 amide bonds. The maximum Gasteiger partial charge on any atom is 0.00441 e. The summed E-state index contributed by atoms with van der Waals surface area (Å²) in [6.45, 7) is 20.4. The van der Waals surface area contributed by atoms with E-state index in [9.17, 15) is 0 Å². The number of hydrogen-bond acceptors (Lipinski definition) is 2. The van der Waals surface area contributed by atoms with Gasteiger partial charge in [-0.3, -0.25) is 0 Å². The molecule has 0 aliphatic heterocycles. The lowest BCUT2D eigenvalue weighted by atomic mass is 9.80. The van der Waals surface area contributed by atoms with Crippen LogP contribution in [-0.2, 0) is 0 Å². The highest BCUT2D eigenvalue weighted by Crippen LogP contribution is 2.35. The molecule has 0 heterocycles. The van der Waals surface area contributed by atoms with Crippen LogP contribution in [0.15, 0.2) is 46.7 Å². The topological polar surface area (TPSA) is 26.0 Å². The van der Waals surface area contributed by atoms with E-state index >= 15 is 0 Å². The molecule has 0 fully saturated rings. The maximum absolute atomic E-state index is 6.11. The van der Waals surface area contributed by atoms with Gasteiger partial charge in [0.1, 0.15) is 0 Å². The van der Waals surface area contributed by atoms with E-state index in [0.29, 0.717) is 0 Å². The molecule has 0 aliphatic rings. The molecule has 2 N–H and O–H groups in total. The molecule has 2 heteroatoms. The van der Waals surface area contributed by atoms with Crippen LogP contribution in [0.25, 0.3) is 0 Å². The van der Waals surface area contributed by atoms with Gasteiger partial charge in [0.2, 0.25) is 0 Å². The lowest BCUT2D eigenvalue weighted by Gasteiger charge is -2.25. The number of rotatable bonds is 17. The molecule has 0 rings (SSSR count). The van der Waals surface area contributed by atoms with Crippen molar-refractivity contribution in [3.8, 4) is 0 Å². The predicted octanol–water partition coefficient (Wildman–Crippen LogP) is 10.1.